The summed E-state index contributed by atoms with van der Waals surface area (Å²) in [5, 5.41) is 6.23. The maximum absolute atomic E-state index is 5.21. The summed E-state index contributed by atoms with van der Waals surface area (Å²) in [6, 6.07) is 46.9. The van der Waals surface area contributed by atoms with Gasteiger partial charge < -0.3 is 4.57 Å². The first-order valence-electron chi connectivity index (χ1n) is 17.2. The summed E-state index contributed by atoms with van der Waals surface area (Å²) in [5.74, 6) is 1.95. The molecule has 0 radical (unpaired) electrons. The quantitative estimate of drug-likeness (QED) is 0.162. The summed E-state index contributed by atoms with van der Waals surface area (Å²) < 4.78 is 7.37. The van der Waals surface area contributed by atoms with Crippen molar-refractivity contribution in [1.82, 2.24) is 19.5 Å². The van der Waals surface area contributed by atoms with Crippen molar-refractivity contribution < 1.29 is 0 Å². The summed E-state index contributed by atoms with van der Waals surface area (Å²) in [6.45, 7) is 6.23. The van der Waals surface area contributed by atoms with Gasteiger partial charge in [0.1, 0.15) is 0 Å². The zero-order valence-electron chi connectivity index (χ0n) is 28.2. The lowest BCUT2D eigenvalue weighted by molar-refractivity contribution is 1.05. The van der Waals surface area contributed by atoms with E-state index in [2.05, 4.69) is 121 Å². The molecule has 6 heteroatoms. The number of nitrogens with zero attached hydrogens (tertiary/aromatic N) is 4. The minimum absolute atomic E-state index is 0.648. The van der Waals surface area contributed by atoms with E-state index >= 15 is 0 Å². The second-order valence-corrected chi connectivity index (χ2v) is 15.0. The molecule has 4 aromatic heterocycles. The van der Waals surface area contributed by atoms with Crippen LogP contribution >= 0.6 is 22.7 Å². The van der Waals surface area contributed by atoms with Crippen molar-refractivity contribution in [2.75, 3.05) is 0 Å². The van der Waals surface area contributed by atoms with Gasteiger partial charge in [-0.2, -0.15) is 0 Å². The van der Waals surface area contributed by atoms with Gasteiger partial charge in [-0.3, -0.25) is 0 Å². The van der Waals surface area contributed by atoms with Crippen LogP contribution in [0.25, 0.3) is 97.2 Å². The molecule has 0 spiro atoms. The third-order valence-electron chi connectivity index (χ3n) is 9.82. The van der Waals surface area contributed by atoms with E-state index in [1.807, 2.05) is 59.9 Å². The second-order valence-electron chi connectivity index (χ2n) is 12.9. The Labute approximate surface area is 308 Å². The van der Waals surface area contributed by atoms with Crippen LogP contribution in [0.3, 0.4) is 0 Å². The number of benzene rings is 6. The number of thiophene rings is 2. The zero-order valence-corrected chi connectivity index (χ0v) is 29.9. The van der Waals surface area contributed by atoms with Crippen LogP contribution in [-0.2, 0) is 0 Å². The van der Waals surface area contributed by atoms with E-state index in [0.29, 0.717) is 17.5 Å². The Morgan fingerprint density at radius 2 is 1.19 bits per heavy atom. The van der Waals surface area contributed by atoms with E-state index < -0.39 is 0 Å². The van der Waals surface area contributed by atoms with Crippen LogP contribution < -0.4 is 0 Å². The summed E-state index contributed by atoms with van der Waals surface area (Å²) in [6.07, 6.45) is 6.10. The fourth-order valence-electron chi connectivity index (χ4n) is 7.48. The van der Waals surface area contributed by atoms with E-state index in [1.54, 1.807) is 11.3 Å². The third kappa shape index (κ3) is 4.83. The van der Waals surface area contributed by atoms with Crippen molar-refractivity contribution in [2.45, 2.75) is 6.92 Å². The molecule has 0 aliphatic heterocycles. The molecule has 10 aromatic rings. The molecule has 0 unspecified atom stereocenters. The number of hydrogen-bond donors (Lipinski definition) is 0. The van der Waals surface area contributed by atoms with Crippen LogP contribution in [0.1, 0.15) is 11.3 Å². The number of allylic oxidation sites excluding steroid dienone is 2. The van der Waals surface area contributed by atoms with Crippen LogP contribution in [0.5, 0.6) is 0 Å². The molecule has 246 valence electrons. The van der Waals surface area contributed by atoms with Crippen LogP contribution in [0.15, 0.2) is 152 Å². The molecule has 0 fully saturated rings. The molecule has 0 saturated carbocycles. The van der Waals surface area contributed by atoms with E-state index in [0.717, 1.165) is 38.3 Å². The largest absolute Gasteiger partial charge is 0.313 e. The maximum atomic E-state index is 5.21. The molecule has 0 N–H and O–H groups in total. The average molecular weight is 703 g/mol. The number of fused-ring (bicyclic) bond motifs is 8. The molecule has 0 bridgehead atoms. The molecule has 0 amide bonds. The van der Waals surface area contributed by atoms with Gasteiger partial charge in [0.15, 0.2) is 17.5 Å². The highest BCUT2D eigenvalue weighted by Crippen LogP contribution is 2.45. The molecule has 0 aliphatic carbocycles. The van der Waals surface area contributed by atoms with Gasteiger partial charge in [0.2, 0.25) is 0 Å². The number of hydrogen-bond acceptors (Lipinski definition) is 5. The molecule has 4 nitrogen and oxygen atoms in total. The first-order valence-corrected chi connectivity index (χ1v) is 18.9. The minimum Gasteiger partial charge on any atom is -0.313 e. The van der Waals surface area contributed by atoms with Gasteiger partial charge in [0.05, 0.1) is 5.52 Å². The number of rotatable bonds is 6. The van der Waals surface area contributed by atoms with Gasteiger partial charge in [0.25, 0.3) is 0 Å². The van der Waals surface area contributed by atoms with E-state index in [1.165, 1.54) is 46.6 Å². The topological polar surface area (TPSA) is 43.6 Å². The highest BCUT2D eigenvalue weighted by Gasteiger charge is 2.23. The van der Waals surface area contributed by atoms with Crippen molar-refractivity contribution >= 4 is 80.0 Å². The highest BCUT2D eigenvalue weighted by atomic mass is 32.1. The Morgan fingerprint density at radius 1 is 0.577 bits per heavy atom. The van der Waals surface area contributed by atoms with Crippen LogP contribution in [0, 0.1) is 6.92 Å². The third-order valence-corrected chi connectivity index (χ3v) is 12.2. The van der Waals surface area contributed by atoms with Crippen molar-refractivity contribution in [3.8, 4) is 39.9 Å². The zero-order chi connectivity index (χ0) is 34.8. The van der Waals surface area contributed by atoms with Crippen molar-refractivity contribution in [2.24, 2.45) is 0 Å². The van der Waals surface area contributed by atoms with Gasteiger partial charge in [-0.15, -0.1) is 22.7 Å². The summed E-state index contributed by atoms with van der Waals surface area (Å²) in [4.78, 5) is 15.4. The molecule has 0 saturated heterocycles. The summed E-state index contributed by atoms with van der Waals surface area (Å²) >= 11 is 3.64. The van der Waals surface area contributed by atoms with Crippen LogP contribution in [0.4, 0.5) is 0 Å². The van der Waals surface area contributed by atoms with Gasteiger partial charge in [-0.25, -0.2) is 15.0 Å². The van der Waals surface area contributed by atoms with Crippen molar-refractivity contribution in [3.05, 3.63) is 163 Å². The lowest BCUT2D eigenvalue weighted by atomic mass is 10.0. The lowest BCUT2D eigenvalue weighted by Gasteiger charge is -2.13. The molecular weight excluding hydrogens is 673 g/mol. The van der Waals surface area contributed by atoms with Crippen LogP contribution in [-0.4, -0.2) is 19.5 Å². The van der Waals surface area contributed by atoms with Crippen molar-refractivity contribution in [3.63, 3.8) is 0 Å². The second kappa shape index (κ2) is 12.2. The summed E-state index contributed by atoms with van der Waals surface area (Å²) in [7, 11) is 0. The lowest BCUT2D eigenvalue weighted by Crippen LogP contribution is -2.02. The Bertz CT molecular complexity index is 2980. The van der Waals surface area contributed by atoms with Crippen LogP contribution in [0.2, 0.25) is 0 Å². The van der Waals surface area contributed by atoms with Gasteiger partial charge >= 0.3 is 0 Å². The first-order chi connectivity index (χ1) is 25.7. The SMILES string of the molecule is C=C/C=C\c1c(C)n(-c2cc(-c3nc(-c4ccccc4)nc(-c4ccccc4)n3)c3sc4ccccc4c3c2)c2ccc3sc4ccccc4c3c12. The monoisotopic (exact) mass is 702 g/mol. The number of aromatic nitrogens is 4. The Kier molecular flexibility index (Phi) is 7.20. The van der Waals surface area contributed by atoms with Crippen molar-refractivity contribution in [1.29, 1.82) is 0 Å². The average Bonchev–Trinajstić information content (AvgIpc) is 3.86. The van der Waals surface area contributed by atoms with Gasteiger partial charge in [0, 0.05) is 79.4 Å². The molecule has 0 aliphatic rings. The first kappa shape index (κ1) is 30.6. The molecule has 10 rings (SSSR count). The van der Waals surface area contributed by atoms with Gasteiger partial charge in [-0.05, 0) is 43.3 Å². The molecule has 0 atom stereocenters. The summed E-state index contributed by atoms with van der Waals surface area (Å²) in [5.41, 5.74) is 7.46. The van der Waals surface area contributed by atoms with E-state index in [9.17, 15) is 0 Å². The molecule has 52 heavy (non-hydrogen) atoms. The van der Waals surface area contributed by atoms with E-state index in [-0.39, 0.29) is 0 Å². The highest BCUT2D eigenvalue weighted by molar-refractivity contribution is 7.26. The fourth-order valence-corrected chi connectivity index (χ4v) is 9.79. The maximum Gasteiger partial charge on any atom is 0.165 e. The Balaban J connectivity index is 1.31. The predicted molar refractivity (Wildman–Crippen MR) is 223 cm³/mol. The fraction of sp³-hybridized carbons (Fsp3) is 0.0217. The Morgan fingerprint density at radius 3 is 1.88 bits per heavy atom. The van der Waals surface area contributed by atoms with E-state index in [4.69, 9.17) is 15.0 Å². The van der Waals surface area contributed by atoms with Gasteiger partial charge in [-0.1, -0.05) is 122 Å². The molecule has 4 heterocycles. The smallest absolute Gasteiger partial charge is 0.165 e. The minimum atomic E-state index is 0.648. The standard InChI is InChI=1S/C46H30N4S2/c1-3-4-19-32-28(2)50(37-24-25-40-42(41(32)37)34-21-12-14-23-39(34)51-40)31-26-35-33-20-11-13-22-38(33)52-43(35)36(27-31)46-48-44(29-15-7-5-8-16-29)47-45(49-46)30-17-9-6-10-18-30/h3-27H,1H2,2H3/b19-4-. The Hall–Kier alpha value is -6.21. The predicted octanol–water partition coefficient (Wildman–Crippen LogP) is 13.1. The molecule has 6 aromatic carbocycles. The normalized spacial score (nSPS) is 11.9. The molecular formula is C46H30N4S2.